The molecule has 5 aromatic carbocycles. The zero-order chi connectivity index (χ0) is 28.5. The first-order valence-electron chi connectivity index (χ1n) is 15.6. The third-order valence-electron chi connectivity index (χ3n) is 8.88. The smallest absolute Gasteiger partial charge is 0.230 e. The van der Waals surface area contributed by atoms with E-state index in [0.29, 0.717) is 0 Å². The molecule has 0 unspecified atom stereocenters. The lowest BCUT2D eigenvalue weighted by Crippen LogP contribution is -2.34. The highest BCUT2D eigenvalue weighted by atomic mass is 15.1. The number of hydrogen-bond donors (Lipinski definition) is 0. The average Bonchev–Trinajstić information content (AvgIpc) is 3.58. The third kappa shape index (κ3) is 4.65. The summed E-state index contributed by atoms with van der Waals surface area (Å²) in [7, 11) is 0. The van der Waals surface area contributed by atoms with Gasteiger partial charge in [0, 0.05) is 11.1 Å². The van der Waals surface area contributed by atoms with Gasteiger partial charge >= 0.3 is 0 Å². The van der Waals surface area contributed by atoms with Crippen molar-refractivity contribution in [3.8, 4) is 0 Å². The van der Waals surface area contributed by atoms with Crippen molar-refractivity contribution in [1.29, 1.82) is 0 Å². The van der Waals surface area contributed by atoms with Crippen LogP contribution in [0.2, 0.25) is 0 Å². The van der Waals surface area contributed by atoms with Gasteiger partial charge in [-0.05, 0) is 58.7 Å². The van der Waals surface area contributed by atoms with Crippen LogP contribution in [0.5, 0.6) is 0 Å². The van der Waals surface area contributed by atoms with E-state index in [1.54, 1.807) is 0 Å². The van der Waals surface area contributed by atoms with Gasteiger partial charge in [-0.25, -0.2) is 18.3 Å². The Hall–Kier alpha value is -4.44. The molecule has 0 aliphatic heterocycles. The molecule has 42 heavy (non-hydrogen) atoms. The van der Waals surface area contributed by atoms with Crippen molar-refractivity contribution in [2.45, 2.75) is 65.7 Å². The molecule has 0 saturated heterocycles. The Kier molecular flexibility index (Phi) is 7.21. The van der Waals surface area contributed by atoms with Crippen molar-refractivity contribution in [2.75, 3.05) is 0 Å². The van der Waals surface area contributed by atoms with E-state index in [4.69, 9.17) is 0 Å². The summed E-state index contributed by atoms with van der Waals surface area (Å²) in [5.74, 6) is 0. The molecule has 4 heteroatoms. The normalized spacial score (nSPS) is 11.9. The molecule has 0 aliphatic carbocycles. The molecule has 0 atom stereocenters. The monoisotopic (exact) mass is 552 g/mol. The number of aryl methyl sites for hydroxylation is 2. The lowest BCUT2D eigenvalue weighted by atomic mass is 9.91. The maximum atomic E-state index is 2.45. The molecular formula is C38H40N4+2. The highest BCUT2D eigenvalue weighted by Crippen LogP contribution is 2.33. The van der Waals surface area contributed by atoms with Crippen molar-refractivity contribution < 1.29 is 9.13 Å². The summed E-state index contributed by atoms with van der Waals surface area (Å²) in [6.45, 7) is 8.30. The van der Waals surface area contributed by atoms with E-state index in [0.717, 1.165) is 26.2 Å². The lowest BCUT2D eigenvalue weighted by molar-refractivity contribution is -0.663. The van der Waals surface area contributed by atoms with Gasteiger partial charge in [0.2, 0.25) is 12.7 Å². The number of benzene rings is 5. The fourth-order valence-corrected chi connectivity index (χ4v) is 6.74. The zero-order valence-corrected chi connectivity index (χ0v) is 24.8. The Balaban J connectivity index is 1.39. The van der Waals surface area contributed by atoms with E-state index in [1.165, 1.54) is 80.4 Å². The summed E-state index contributed by atoms with van der Waals surface area (Å²) in [4.78, 5) is 0. The number of para-hydroxylation sites is 4. The van der Waals surface area contributed by atoms with Gasteiger partial charge in [-0.1, -0.05) is 99.5 Å². The quantitative estimate of drug-likeness (QED) is 0.120. The van der Waals surface area contributed by atoms with E-state index < -0.39 is 0 Å². The first-order chi connectivity index (χ1) is 20.8. The van der Waals surface area contributed by atoms with Crippen molar-refractivity contribution >= 4 is 43.6 Å². The predicted molar refractivity (Wildman–Crippen MR) is 174 cm³/mol. The molecule has 7 rings (SSSR count). The first-order valence-corrected chi connectivity index (χ1v) is 15.6. The first kappa shape index (κ1) is 26.5. The van der Waals surface area contributed by atoms with Crippen LogP contribution in [-0.4, -0.2) is 9.13 Å². The lowest BCUT2D eigenvalue weighted by Gasteiger charge is -2.15. The second-order valence-electron chi connectivity index (χ2n) is 11.6. The van der Waals surface area contributed by atoms with Crippen LogP contribution in [0.1, 0.15) is 50.7 Å². The van der Waals surface area contributed by atoms with Crippen LogP contribution in [0.4, 0.5) is 0 Å². The molecule has 0 saturated carbocycles. The van der Waals surface area contributed by atoms with Crippen LogP contribution < -0.4 is 9.13 Å². The second-order valence-corrected chi connectivity index (χ2v) is 11.6. The van der Waals surface area contributed by atoms with Crippen LogP contribution in [0.15, 0.2) is 110 Å². The van der Waals surface area contributed by atoms with Crippen molar-refractivity contribution in [2.24, 2.45) is 0 Å². The summed E-state index contributed by atoms with van der Waals surface area (Å²) < 4.78 is 9.77. The summed E-state index contributed by atoms with van der Waals surface area (Å²) in [5.41, 5.74) is 7.99. The minimum absolute atomic E-state index is 0.838. The van der Waals surface area contributed by atoms with Crippen molar-refractivity contribution in [1.82, 2.24) is 9.13 Å². The number of imidazole rings is 2. The highest BCUT2D eigenvalue weighted by Gasteiger charge is 2.22. The van der Waals surface area contributed by atoms with Crippen LogP contribution >= 0.6 is 0 Å². The van der Waals surface area contributed by atoms with Crippen molar-refractivity contribution in [3.05, 3.63) is 121 Å². The number of aromatic nitrogens is 4. The molecule has 0 aliphatic rings. The molecule has 0 spiro atoms. The van der Waals surface area contributed by atoms with Gasteiger partial charge in [0.25, 0.3) is 0 Å². The Morgan fingerprint density at radius 1 is 0.476 bits per heavy atom. The maximum Gasteiger partial charge on any atom is 0.245 e. The summed E-state index contributed by atoms with van der Waals surface area (Å²) >= 11 is 0. The third-order valence-corrected chi connectivity index (χ3v) is 8.88. The average molecular weight is 553 g/mol. The SMILES string of the molecule is CCCCn1c[n+](Cc2c3ccccc3c(C[n+]3cn(CCCC)c4ccccc43)c3ccccc23)c2ccccc21. The standard InChI is InChI=1S/C38H40N4/c1-3-5-23-39-27-41(37-21-13-11-19-35(37)39)25-33-29-15-7-9-17-31(29)34(32-18-10-8-16-30(32)33)26-42-28-40(24-6-4-2)36-20-12-14-22-38(36)42/h7-22,27-28H,3-6,23-26H2,1-2H3/q+2. The highest BCUT2D eigenvalue weighted by molar-refractivity contribution is 6.05. The molecule has 4 nitrogen and oxygen atoms in total. The van der Waals surface area contributed by atoms with E-state index in [2.05, 4.69) is 142 Å². The molecule has 7 aromatic rings. The summed E-state index contributed by atoms with van der Waals surface area (Å²) in [6, 6.07) is 35.8. The number of fused-ring (bicyclic) bond motifs is 4. The minimum atomic E-state index is 0.838. The van der Waals surface area contributed by atoms with Gasteiger partial charge in [-0.2, -0.15) is 0 Å². The number of hydrogen-bond acceptors (Lipinski definition) is 0. The predicted octanol–water partition coefficient (Wildman–Crippen LogP) is 8.17. The zero-order valence-electron chi connectivity index (χ0n) is 24.8. The molecule has 0 fully saturated rings. The van der Waals surface area contributed by atoms with Gasteiger partial charge in [-0.3, -0.25) is 0 Å². The van der Waals surface area contributed by atoms with E-state index >= 15 is 0 Å². The largest absolute Gasteiger partial charge is 0.245 e. The number of nitrogens with zero attached hydrogens (tertiary/aromatic N) is 4. The number of rotatable bonds is 10. The minimum Gasteiger partial charge on any atom is -0.230 e. The molecule has 0 amide bonds. The Labute approximate surface area is 248 Å². The Bertz CT molecular complexity index is 1820. The fraction of sp³-hybridized carbons (Fsp3) is 0.263. The molecule has 0 radical (unpaired) electrons. The van der Waals surface area contributed by atoms with Gasteiger partial charge in [0.1, 0.15) is 13.1 Å². The fourth-order valence-electron chi connectivity index (χ4n) is 6.74. The van der Waals surface area contributed by atoms with Gasteiger partial charge < -0.3 is 0 Å². The molecular weight excluding hydrogens is 512 g/mol. The molecule has 0 N–H and O–H groups in total. The topological polar surface area (TPSA) is 17.6 Å². The molecule has 210 valence electrons. The summed E-state index contributed by atoms with van der Waals surface area (Å²) in [5, 5.41) is 5.39. The number of unbranched alkanes of at least 4 members (excludes halogenated alkanes) is 2. The Morgan fingerprint density at radius 2 is 0.833 bits per heavy atom. The van der Waals surface area contributed by atoms with E-state index in [9.17, 15) is 0 Å². The van der Waals surface area contributed by atoms with Crippen LogP contribution in [0.3, 0.4) is 0 Å². The maximum absolute atomic E-state index is 2.45. The van der Waals surface area contributed by atoms with Crippen LogP contribution in [0, 0.1) is 0 Å². The van der Waals surface area contributed by atoms with Crippen LogP contribution in [-0.2, 0) is 26.2 Å². The van der Waals surface area contributed by atoms with E-state index in [1.807, 2.05) is 0 Å². The second kappa shape index (κ2) is 11.4. The van der Waals surface area contributed by atoms with Crippen molar-refractivity contribution in [3.63, 3.8) is 0 Å². The van der Waals surface area contributed by atoms with Gasteiger partial charge in [0.05, 0.1) is 13.1 Å². The Morgan fingerprint density at radius 3 is 1.21 bits per heavy atom. The summed E-state index contributed by atoms with van der Waals surface area (Å²) in [6.07, 6.45) is 9.42. The molecule has 0 bridgehead atoms. The van der Waals surface area contributed by atoms with Gasteiger partial charge in [0.15, 0.2) is 22.1 Å². The van der Waals surface area contributed by atoms with E-state index in [-0.39, 0.29) is 0 Å². The van der Waals surface area contributed by atoms with Crippen LogP contribution in [0.25, 0.3) is 43.6 Å². The molecule has 2 aromatic heterocycles. The molecule has 2 heterocycles. The van der Waals surface area contributed by atoms with Gasteiger partial charge in [-0.15, -0.1) is 0 Å².